The summed E-state index contributed by atoms with van der Waals surface area (Å²) in [5.74, 6) is -2.13. The number of fused-ring (bicyclic) bond motifs is 1. The highest BCUT2D eigenvalue weighted by Gasteiger charge is 2.30. The minimum Gasteiger partial charge on any atom is -0.481 e. The van der Waals surface area contributed by atoms with Crippen molar-refractivity contribution >= 4 is 52.5 Å². The Morgan fingerprint density at radius 2 is 1.68 bits per heavy atom. The van der Waals surface area contributed by atoms with Crippen molar-refractivity contribution in [1.29, 1.82) is 0 Å². The molecule has 0 radical (unpaired) electrons. The first-order chi connectivity index (χ1) is 19.5. The fraction of sp³-hybridized carbons (Fsp3) is 0.233. The summed E-state index contributed by atoms with van der Waals surface area (Å²) >= 11 is 0. The molecule has 4 rings (SSSR count). The lowest BCUT2D eigenvalue weighted by molar-refractivity contribution is -0.137. The summed E-state index contributed by atoms with van der Waals surface area (Å²) in [6, 6.07) is 18.8. The third-order valence-corrected chi connectivity index (χ3v) is 6.88. The van der Waals surface area contributed by atoms with Crippen molar-refractivity contribution in [2.75, 3.05) is 47.6 Å². The van der Waals surface area contributed by atoms with Crippen molar-refractivity contribution in [2.24, 2.45) is 0 Å². The molecule has 0 saturated carbocycles. The smallest absolute Gasteiger partial charge is 0.323 e. The van der Waals surface area contributed by atoms with Crippen molar-refractivity contribution < 1.29 is 29.1 Å². The molecule has 1 aliphatic heterocycles. The fourth-order valence-corrected chi connectivity index (χ4v) is 4.39. The van der Waals surface area contributed by atoms with Gasteiger partial charge in [-0.2, -0.15) is 0 Å². The standard InChI is InChI=1S/C30H31N5O6/c1-19-6-4-5-7-24(19)32-30(41)31-21-10-8-20(9-11-21)16-26(36)33(2)22-12-13-25-23(17-22)29(40)35(15-14-28(38)39)18-27(37)34(25)3/h4-13,17H,14-16,18H2,1-3H3,(H,38,39)(H2,31,32,41). The molecule has 0 atom stereocenters. The Balaban J connectivity index is 1.43. The minimum absolute atomic E-state index is 0.0698. The van der Waals surface area contributed by atoms with Gasteiger partial charge in [0.15, 0.2) is 0 Å². The van der Waals surface area contributed by atoms with Gasteiger partial charge in [0.05, 0.1) is 24.1 Å². The number of aliphatic carboxylic acids is 1. The molecule has 5 amide bonds. The van der Waals surface area contributed by atoms with Crippen LogP contribution in [0.4, 0.5) is 27.5 Å². The van der Waals surface area contributed by atoms with Gasteiger partial charge >= 0.3 is 12.0 Å². The topological polar surface area (TPSA) is 139 Å². The van der Waals surface area contributed by atoms with E-state index in [4.69, 9.17) is 5.11 Å². The van der Waals surface area contributed by atoms with Gasteiger partial charge in [-0.25, -0.2) is 4.79 Å². The van der Waals surface area contributed by atoms with Gasteiger partial charge in [0, 0.05) is 37.7 Å². The van der Waals surface area contributed by atoms with E-state index in [2.05, 4.69) is 10.6 Å². The zero-order chi connectivity index (χ0) is 29.7. The second-order valence-corrected chi connectivity index (χ2v) is 9.75. The predicted octanol–water partition coefficient (Wildman–Crippen LogP) is 3.74. The van der Waals surface area contributed by atoms with E-state index in [1.807, 2.05) is 31.2 Å². The SMILES string of the molecule is Cc1ccccc1NC(=O)Nc1ccc(CC(=O)N(C)c2ccc3c(c2)C(=O)N(CCC(=O)O)CC(=O)N3C)cc1. The Hall–Kier alpha value is -5.19. The van der Waals surface area contributed by atoms with Gasteiger partial charge in [0.2, 0.25) is 11.8 Å². The number of hydrogen-bond donors (Lipinski definition) is 3. The lowest BCUT2D eigenvalue weighted by Crippen LogP contribution is -2.38. The first-order valence-electron chi connectivity index (χ1n) is 12.9. The monoisotopic (exact) mass is 557 g/mol. The number of anilines is 4. The minimum atomic E-state index is -1.07. The second-order valence-electron chi connectivity index (χ2n) is 9.75. The molecule has 0 unspecified atom stereocenters. The lowest BCUT2D eigenvalue weighted by atomic mass is 10.1. The maximum atomic E-state index is 13.2. The van der Waals surface area contributed by atoms with E-state index in [0.717, 1.165) is 11.1 Å². The first kappa shape index (κ1) is 28.8. The number of rotatable bonds is 8. The van der Waals surface area contributed by atoms with E-state index >= 15 is 0 Å². The molecule has 3 N–H and O–H groups in total. The molecule has 0 aliphatic carbocycles. The summed E-state index contributed by atoms with van der Waals surface area (Å²) in [5, 5.41) is 14.6. The zero-order valence-corrected chi connectivity index (χ0v) is 23.0. The quantitative estimate of drug-likeness (QED) is 0.386. The van der Waals surface area contributed by atoms with Crippen molar-refractivity contribution in [3.8, 4) is 0 Å². The number of carbonyl (C=O) groups is 5. The van der Waals surface area contributed by atoms with Crippen LogP contribution >= 0.6 is 0 Å². The van der Waals surface area contributed by atoms with Crippen LogP contribution in [-0.2, 0) is 20.8 Å². The highest BCUT2D eigenvalue weighted by Crippen LogP contribution is 2.29. The van der Waals surface area contributed by atoms with E-state index in [1.165, 1.54) is 14.7 Å². The third-order valence-electron chi connectivity index (χ3n) is 6.88. The summed E-state index contributed by atoms with van der Waals surface area (Å²) in [6.45, 7) is 1.56. The van der Waals surface area contributed by atoms with Crippen molar-refractivity contribution in [1.82, 2.24) is 4.90 Å². The number of carboxylic acid groups (broad SMARTS) is 1. The van der Waals surface area contributed by atoms with Crippen molar-refractivity contribution in [2.45, 2.75) is 19.8 Å². The lowest BCUT2D eigenvalue weighted by Gasteiger charge is -2.21. The van der Waals surface area contributed by atoms with Gasteiger partial charge in [0.25, 0.3) is 5.91 Å². The number of likely N-dealkylation sites (N-methyl/N-ethyl adjacent to an activating group) is 2. The van der Waals surface area contributed by atoms with Crippen LogP contribution in [-0.4, -0.2) is 66.9 Å². The van der Waals surface area contributed by atoms with Crippen LogP contribution in [0.2, 0.25) is 0 Å². The number of para-hydroxylation sites is 1. The molecular weight excluding hydrogens is 526 g/mol. The molecule has 0 bridgehead atoms. The average molecular weight is 558 g/mol. The zero-order valence-electron chi connectivity index (χ0n) is 23.0. The number of hydrogen-bond acceptors (Lipinski definition) is 5. The Bertz CT molecular complexity index is 1500. The number of benzene rings is 3. The molecule has 212 valence electrons. The van der Waals surface area contributed by atoms with Gasteiger partial charge in [-0.05, 0) is 54.4 Å². The Morgan fingerprint density at radius 3 is 2.37 bits per heavy atom. The number of amides is 5. The number of nitrogens with one attached hydrogen (secondary N) is 2. The number of carboxylic acids is 1. The van der Waals surface area contributed by atoms with Crippen LogP contribution in [0.25, 0.3) is 0 Å². The molecule has 0 saturated heterocycles. The second kappa shape index (κ2) is 12.3. The fourth-order valence-electron chi connectivity index (χ4n) is 4.39. The summed E-state index contributed by atoms with van der Waals surface area (Å²) in [4.78, 5) is 66.3. The van der Waals surface area contributed by atoms with Gasteiger partial charge in [-0.1, -0.05) is 30.3 Å². The van der Waals surface area contributed by atoms with E-state index in [1.54, 1.807) is 56.6 Å². The summed E-state index contributed by atoms with van der Waals surface area (Å²) < 4.78 is 0. The van der Waals surface area contributed by atoms with E-state index in [0.29, 0.717) is 22.7 Å². The van der Waals surface area contributed by atoms with Gasteiger partial charge in [0.1, 0.15) is 6.54 Å². The largest absolute Gasteiger partial charge is 0.481 e. The molecular formula is C30H31N5O6. The number of aryl methyl sites for hydroxylation is 1. The number of nitrogens with zero attached hydrogens (tertiary/aromatic N) is 3. The molecule has 3 aromatic rings. The highest BCUT2D eigenvalue weighted by molar-refractivity contribution is 6.10. The van der Waals surface area contributed by atoms with Crippen LogP contribution in [0.3, 0.4) is 0 Å². The van der Waals surface area contributed by atoms with E-state index in [9.17, 15) is 24.0 Å². The Kier molecular flexibility index (Phi) is 8.66. The summed E-state index contributed by atoms with van der Waals surface area (Å²) in [7, 11) is 3.14. The number of urea groups is 1. The molecule has 41 heavy (non-hydrogen) atoms. The molecule has 1 heterocycles. The molecule has 3 aromatic carbocycles. The van der Waals surface area contributed by atoms with Crippen LogP contribution in [0.15, 0.2) is 66.7 Å². The van der Waals surface area contributed by atoms with Crippen LogP contribution in [0.5, 0.6) is 0 Å². The van der Waals surface area contributed by atoms with Gasteiger partial charge in [-0.3, -0.25) is 19.2 Å². The average Bonchev–Trinajstić information content (AvgIpc) is 3.03. The maximum Gasteiger partial charge on any atom is 0.323 e. The normalized spacial score (nSPS) is 12.9. The maximum absolute atomic E-state index is 13.2. The van der Waals surface area contributed by atoms with Gasteiger partial charge in [-0.15, -0.1) is 0 Å². The number of carbonyl (C=O) groups excluding carboxylic acids is 4. The van der Waals surface area contributed by atoms with Crippen molar-refractivity contribution in [3.05, 3.63) is 83.4 Å². The summed E-state index contributed by atoms with van der Waals surface area (Å²) in [6.07, 6.45) is -0.220. The molecule has 0 spiro atoms. The molecule has 0 aromatic heterocycles. The molecule has 11 nitrogen and oxygen atoms in total. The van der Waals surface area contributed by atoms with E-state index in [-0.39, 0.29) is 49.3 Å². The summed E-state index contributed by atoms with van der Waals surface area (Å²) in [5.41, 5.74) is 3.99. The Morgan fingerprint density at radius 1 is 0.976 bits per heavy atom. The first-order valence-corrected chi connectivity index (χ1v) is 12.9. The van der Waals surface area contributed by atoms with Crippen LogP contribution in [0.1, 0.15) is 27.9 Å². The van der Waals surface area contributed by atoms with Crippen LogP contribution in [0, 0.1) is 6.92 Å². The highest BCUT2D eigenvalue weighted by atomic mass is 16.4. The molecule has 11 heteroatoms. The molecule has 1 aliphatic rings. The van der Waals surface area contributed by atoms with E-state index < -0.39 is 11.9 Å². The van der Waals surface area contributed by atoms with Crippen molar-refractivity contribution in [3.63, 3.8) is 0 Å². The molecule has 0 fully saturated rings. The third kappa shape index (κ3) is 6.88. The van der Waals surface area contributed by atoms with Gasteiger partial charge < -0.3 is 30.4 Å². The Labute approximate surface area is 237 Å². The predicted molar refractivity (Wildman–Crippen MR) is 155 cm³/mol. The van der Waals surface area contributed by atoms with Crippen LogP contribution < -0.4 is 20.4 Å².